The lowest BCUT2D eigenvalue weighted by Gasteiger charge is -2.31. The first kappa shape index (κ1) is 29.6. The number of nitrogens with zero attached hydrogens (tertiary/aromatic N) is 1. The average molecular weight is 551 g/mol. The SMILES string of the molecule is CC1(NCC(O)CNC(=O)[C@@H](Cc2ccc3ccccc3c2)NC(=O)[C@@H]2CCCN2C(=O)C(C)(C)C)CC=CO1. The van der Waals surface area contributed by atoms with Gasteiger partial charge in [-0.1, -0.05) is 63.2 Å². The van der Waals surface area contributed by atoms with Crippen LogP contribution in [-0.4, -0.2) is 71.3 Å². The Hall–Kier alpha value is -3.43. The number of benzene rings is 2. The predicted octanol–water partition coefficient (Wildman–Crippen LogP) is 2.62. The zero-order valence-electron chi connectivity index (χ0n) is 23.9. The van der Waals surface area contributed by atoms with Crippen molar-refractivity contribution < 1.29 is 24.2 Å². The number of fused-ring (bicyclic) bond motifs is 1. The van der Waals surface area contributed by atoms with Gasteiger partial charge < -0.3 is 25.4 Å². The molecule has 3 amide bonds. The second-order valence-electron chi connectivity index (χ2n) is 12.1. The van der Waals surface area contributed by atoms with Crippen LogP contribution in [0, 0.1) is 5.41 Å². The standard InChI is InChI=1S/C31H42N4O5/c1-30(2,3)29(39)35-15-7-11-26(35)28(38)34-25(18-21-12-13-22-9-5-6-10-23(22)17-21)27(37)32-19-24(36)20-33-31(4)14-8-16-40-31/h5-6,8-10,12-13,16-17,24-26,33,36H,7,11,14-15,18-20H2,1-4H3,(H,32,37)(H,34,38)/t24?,25-,26+,31?/m1/s1. The van der Waals surface area contributed by atoms with Crippen molar-refractivity contribution in [3.8, 4) is 0 Å². The van der Waals surface area contributed by atoms with Gasteiger partial charge in [-0.3, -0.25) is 19.7 Å². The number of carbonyl (C=O) groups excluding carboxylic acids is 3. The molecule has 4 N–H and O–H groups in total. The van der Waals surface area contributed by atoms with Crippen LogP contribution in [0.5, 0.6) is 0 Å². The molecule has 4 atom stereocenters. The van der Waals surface area contributed by atoms with Gasteiger partial charge in [0.15, 0.2) is 5.72 Å². The second-order valence-corrected chi connectivity index (χ2v) is 12.1. The van der Waals surface area contributed by atoms with Gasteiger partial charge in [-0.05, 0) is 42.2 Å². The Morgan fingerprint density at radius 3 is 2.58 bits per heavy atom. The van der Waals surface area contributed by atoms with E-state index in [0.717, 1.165) is 22.8 Å². The molecule has 2 aliphatic heterocycles. The normalized spacial score (nSPS) is 22.1. The summed E-state index contributed by atoms with van der Waals surface area (Å²) in [6, 6.07) is 12.4. The van der Waals surface area contributed by atoms with E-state index in [9.17, 15) is 19.5 Å². The van der Waals surface area contributed by atoms with Crippen molar-refractivity contribution in [2.24, 2.45) is 5.41 Å². The van der Waals surface area contributed by atoms with Crippen LogP contribution in [0.1, 0.15) is 52.5 Å². The molecule has 2 aromatic carbocycles. The van der Waals surface area contributed by atoms with Gasteiger partial charge in [-0.2, -0.15) is 0 Å². The van der Waals surface area contributed by atoms with Crippen molar-refractivity contribution in [2.45, 2.75) is 77.3 Å². The summed E-state index contributed by atoms with van der Waals surface area (Å²) in [6.07, 6.45) is 4.92. The molecule has 0 aliphatic carbocycles. The Morgan fingerprint density at radius 2 is 1.88 bits per heavy atom. The van der Waals surface area contributed by atoms with Gasteiger partial charge in [0.2, 0.25) is 17.7 Å². The van der Waals surface area contributed by atoms with Crippen LogP contribution >= 0.6 is 0 Å². The van der Waals surface area contributed by atoms with Gasteiger partial charge in [0.1, 0.15) is 12.1 Å². The number of amides is 3. The van der Waals surface area contributed by atoms with Gasteiger partial charge in [-0.25, -0.2) is 0 Å². The Balaban J connectivity index is 1.44. The first-order chi connectivity index (χ1) is 18.9. The fourth-order valence-corrected chi connectivity index (χ4v) is 5.17. The topological polar surface area (TPSA) is 120 Å². The molecule has 1 fully saturated rings. The summed E-state index contributed by atoms with van der Waals surface area (Å²) in [5.74, 6) is -0.805. The van der Waals surface area contributed by atoms with Gasteiger partial charge >= 0.3 is 0 Å². The Morgan fingerprint density at radius 1 is 1.12 bits per heavy atom. The molecule has 0 saturated carbocycles. The molecule has 2 unspecified atom stereocenters. The van der Waals surface area contributed by atoms with Crippen LogP contribution in [-0.2, 0) is 25.5 Å². The summed E-state index contributed by atoms with van der Waals surface area (Å²) < 4.78 is 5.52. The zero-order valence-corrected chi connectivity index (χ0v) is 23.9. The van der Waals surface area contributed by atoms with E-state index in [0.29, 0.717) is 19.4 Å². The fourth-order valence-electron chi connectivity index (χ4n) is 5.17. The number of ether oxygens (including phenoxy) is 1. The van der Waals surface area contributed by atoms with Crippen LogP contribution < -0.4 is 16.0 Å². The fraction of sp³-hybridized carbons (Fsp3) is 0.516. The minimum absolute atomic E-state index is 0.0114. The highest BCUT2D eigenvalue weighted by molar-refractivity contribution is 5.93. The zero-order chi connectivity index (χ0) is 28.9. The second kappa shape index (κ2) is 12.4. The monoisotopic (exact) mass is 550 g/mol. The quantitative estimate of drug-likeness (QED) is 0.361. The Bertz CT molecular complexity index is 1250. The molecule has 2 aromatic rings. The van der Waals surface area contributed by atoms with Crippen LogP contribution in [0.3, 0.4) is 0 Å². The largest absolute Gasteiger partial charge is 0.481 e. The Kier molecular flexibility index (Phi) is 9.15. The van der Waals surface area contributed by atoms with Crippen molar-refractivity contribution in [3.05, 3.63) is 60.4 Å². The molecule has 1 saturated heterocycles. The summed E-state index contributed by atoms with van der Waals surface area (Å²) in [5, 5.41) is 21.5. The Labute approximate surface area is 236 Å². The summed E-state index contributed by atoms with van der Waals surface area (Å²) in [4.78, 5) is 41.5. The molecule has 2 heterocycles. The van der Waals surface area contributed by atoms with E-state index >= 15 is 0 Å². The van der Waals surface area contributed by atoms with Crippen molar-refractivity contribution >= 4 is 28.5 Å². The molecule has 0 bridgehead atoms. The number of hydrogen-bond donors (Lipinski definition) is 4. The van der Waals surface area contributed by atoms with E-state index < -0.39 is 35.2 Å². The van der Waals surface area contributed by atoms with Crippen molar-refractivity contribution in [2.75, 3.05) is 19.6 Å². The molecule has 0 aromatic heterocycles. The predicted molar refractivity (Wildman–Crippen MR) is 154 cm³/mol. The van der Waals surface area contributed by atoms with Crippen molar-refractivity contribution in [3.63, 3.8) is 0 Å². The molecule has 9 heteroatoms. The molecule has 0 spiro atoms. The summed E-state index contributed by atoms with van der Waals surface area (Å²) in [6.45, 7) is 8.18. The van der Waals surface area contributed by atoms with Crippen LogP contribution in [0.25, 0.3) is 10.8 Å². The highest BCUT2D eigenvalue weighted by atomic mass is 16.5. The van der Waals surface area contributed by atoms with Crippen LogP contribution in [0.15, 0.2) is 54.8 Å². The highest BCUT2D eigenvalue weighted by Gasteiger charge is 2.39. The smallest absolute Gasteiger partial charge is 0.243 e. The van der Waals surface area contributed by atoms with Crippen LogP contribution in [0.2, 0.25) is 0 Å². The molecule has 0 radical (unpaired) electrons. The van der Waals surface area contributed by atoms with E-state index in [1.165, 1.54) is 0 Å². The maximum absolute atomic E-state index is 13.5. The maximum Gasteiger partial charge on any atom is 0.243 e. The molecule has 40 heavy (non-hydrogen) atoms. The van der Waals surface area contributed by atoms with E-state index in [1.807, 2.05) is 76.2 Å². The highest BCUT2D eigenvalue weighted by Crippen LogP contribution is 2.26. The first-order valence-electron chi connectivity index (χ1n) is 14.1. The van der Waals surface area contributed by atoms with Gasteiger partial charge in [0, 0.05) is 37.9 Å². The summed E-state index contributed by atoms with van der Waals surface area (Å²) in [5.41, 5.74) is -0.282. The van der Waals surface area contributed by atoms with E-state index in [1.54, 1.807) is 11.2 Å². The number of hydrogen-bond acceptors (Lipinski definition) is 6. The molecule has 216 valence electrons. The average Bonchev–Trinajstić information content (AvgIpc) is 3.59. The summed E-state index contributed by atoms with van der Waals surface area (Å²) >= 11 is 0. The third kappa shape index (κ3) is 7.40. The molecule has 2 aliphatic rings. The van der Waals surface area contributed by atoms with E-state index in [4.69, 9.17) is 4.74 Å². The molecular formula is C31H42N4O5. The molecule has 4 rings (SSSR count). The third-order valence-electron chi connectivity index (χ3n) is 7.50. The lowest BCUT2D eigenvalue weighted by Crippen LogP contribution is -2.56. The number of aliphatic hydroxyl groups excluding tert-OH is 1. The van der Waals surface area contributed by atoms with Crippen molar-refractivity contribution in [1.82, 2.24) is 20.9 Å². The van der Waals surface area contributed by atoms with Gasteiger partial charge in [-0.15, -0.1) is 0 Å². The first-order valence-corrected chi connectivity index (χ1v) is 14.1. The minimum atomic E-state index is -0.874. The number of aliphatic hydroxyl groups is 1. The van der Waals surface area contributed by atoms with Crippen molar-refractivity contribution in [1.29, 1.82) is 0 Å². The van der Waals surface area contributed by atoms with Gasteiger partial charge in [0.05, 0.1) is 12.4 Å². The number of rotatable bonds is 10. The number of carbonyl (C=O) groups is 3. The number of nitrogens with one attached hydrogen (secondary N) is 3. The molecule has 9 nitrogen and oxygen atoms in total. The number of likely N-dealkylation sites (tertiary alicyclic amines) is 1. The van der Waals surface area contributed by atoms with Gasteiger partial charge in [0.25, 0.3) is 0 Å². The van der Waals surface area contributed by atoms with E-state index in [2.05, 4.69) is 16.0 Å². The minimum Gasteiger partial charge on any atom is -0.481 e. The molecular weight excluding hydrogens is 508 g/mol. The maximum atomic E-state index is 13.5. The van der Waals surface area contributed by atoms with E-state index in [-0.39, 0.29) is 31.3 Å². The lowest BCUT2D eigenvalue weighted by molar-refractivity contribution is -0.145. The van der Waals surface area contributed by atoms with Crippen LogP contribution in [0.4, 0.5) is 0 Å². The lowest BCUT2D eigenvalue weighted by atomic mass is 9.94. The third-order valence-corrected chi connectivity index (χ3v) is 7.50. The summed E-state index contributed by atoms with van der Waals surface area (Å²) in [7, 11) is 0.